The van der Waals surface area contributed by atoms with E-state index in [0.29, 0.717) is 11.6 Å². The van der Waals surface area contributed by atoms with Gasteiger partial charge in [-0.2, -0.15) is 11.3 Å². The molecule has 0 amide bonds. The molecule has 0 atom stereocenters. The number of hydrogen-bond acceptors (Lipinski definition) is 5. The lowest BCUT2D eigenvalue weighted by Gasteiger charge is -2.11. The van der Waals surface area contributed by atoms with Gasteiger partial charge in [0.25, 0.3) is 0 Å². The van der Waals surface area contributed by atoms with Crippen molar-refractivity contribution < 1.29 is 9.53 Å². The summed E-state index contributed by atoms with van der Waals surface area (Å²) in [6.45, 7) is 0. The van der Waals surface area contributed by atoms with Gasteiger partial charge in [0.05, 0.1) is 0 Å². The summed E-state index contributed by atoms with van der Waals surface area (Å²) < 4.78 is 5.16. The summed E-state index contributed by atoms with van der Waals surface area (Å²) >= 11 is 1.61. The molecule has 0 fully saturated rings. The largest absolute Gasteiger partial charge is 0.403 e. The van der Waals surface area contributed by atoms with Gasteiger partial charge in [0.1, 0.15) is 0 Å². The Labute approximate surface area is 139 Å². The van der Waals surface area contributed by atoms with Crippen molar-refractivity contribution >= 4 is 41.0 Å². The number of carbonyl (C=O) groups excluding carboxylic acids is 1. The number of benzene rings is 1. The minimum Gasteiger partial charge on any atom is -0.403 e. The number of thiophene rings is 1. The van der Waals surface area contributed by atoms with Crippen LogP contribution in [0.5, 0.6) is 0 Å². The van der Waals surface area contributed by atoms with Crippen molar-refractivity contribution in [3.05, 3.63) is 64.0 Å². The summed E-state index contributed by atoms with van der Waals surface area (Å²) in [5, 5.41) is 4.00. The normalized spacial score (nSPS) is 16.0. The highest BCUT2D eigenvalue weighted by molar-refractivity contribution is 7.08. The van der Waals surface area contributed by atoms with Gasteiger partial charge in [-0.05, 0) is 52.2 Å². The van der Waals surface area contributed by atoms with Gasteiger partial charge < -0.3 is 9.64 Å². The number of aliphatic imine (C=N–C) groups is 1. The number of nitrogens with zero attached hydrogens (tertiary/aromatic N) is 2. The topological polar surface area (TPSA) is 41.9 Å². The fourth-order valence-electron chi connectivity index (χ4n) is 2.06. The highest BCUT2D eigenvalue weighted by Crippen LogP contribution is 2.19. The molecule has 1 aliphatic rings. The lowest BCUT2D eigenvalue weighted by atomic mass is 10.1. The molecule has 1 aliphatic heterocycles. The molecule has 2 aromatic rings. The molecular formula is C18H16N2O2S. The standard InChI is InChI=1S/C18H16N2O2S/c1-20(2)15-6-3-13(4-7-15)11-16-18(21)22-17(19-16)8-5-14-9-10-23-12-14/h3-12H,1-2H3/b8-5+,16-11-. The van der Waals surface area contributed by atoms with Gasteiger partial charge in [-0.25, -0.2) is 9.79 Å². The number of rotatable bonds is 4. The molecule has 1 aromatic heterocycles. The second kappa shape index (κ2) is 6.62. The molecule has 0 unspecified atom stereocenters. The van der Waals surface area contributed by atoms with E-state index in [1.54, 1.807) is 23.5 Å². The molecule has 23 heavy (non-hydrogen) atoms. The van der Waals surface area contributed by atoms with E-state index in [4.69, 9.17) is 4.74 Å². The fraction of sp³-hybridized carbons (Fsp3) is 0.111. The van der Waals surface area contributed by atoms with Crippen LogP contribution in [-0.4, -0.2) is 26.0 Å². The minimum absolute atomic E-state index is 0.313. The molecule has 116 valence electrons. The van der Waals surface area contributed by atoms with E-state index >= 15 is 0 Å². The molecule has 0 spiro atoms. The average Bonchev–Trinajstić information content (AvgIpc) is 3.16. The maximum absolute atomic E-state index is 11.9. The number of cyclic esters (lactones) is 1. The molecule has 0 saturated carbocycles. The van der Waals surface area contributed by atoms with Crippen molar-refractivity contribution in [2.24, 2.45) is 4.99 Å². The zero-order chi connectivity index (χ0) is 16.2. The van der Waals surface area contributed by atoms with Gasteiger partial charge >= 0.3 is 5.97 Å². The van der Waals surface area contributed by atoms with E-state index in [9.17, 15) is 4.79 Å². The second-order valence-corrected chi connectivity index (χ2v) is 6.03. The zero-order valence-electron chi connectivity index (χ0n) is 12.9. The Morgan fingerprint density at radius 3 is 2.52 bits per heavy atom. The lowest BCUT2D eigenvalue weighted by molar-refractivity contribution is -0.129. The summed E-state index contributed by atoms with van der Waals surface area (Å²) in [6, 6.07) is 9.87. The van der Waals surface area contributed by atoms with Crippen LogP contribution in [0.4, 0.5) is 5.69 Å². The monoisotopic (exact) mass is 324 g/mol. The van der Waals surface area contributed by atoms with Gasteiger partial charge in [-0.3, -0.25) is 0 Å². The third-order valence-electron chi connectivity index (χ3n) is 3.31. The first-order valence-corrected chi connectivity index (χ1v) is 8.06. The highest BCUT2D eigenvalue weighted by Gasteiger charge is 2.21. The Kier molecular flexibility index (Phi) is 4.39. The summed E-state index contributed by atoms with van der Waals surface area (Å²) in [5.74, 6) is -0.107. The van der Waals surface area contributed by atoms with Gasteiger partial charge in [-0.15, -0.1) is 0 Å². The molecule has 0 saturated heterocycles. The van der Waals surface area contributed by atoms with E-state index in [2.05, 4.69) is 4.99 Å². The predicted molar refractivity (Wildman–Crippen MR) is 95.6 cm³/mol. The minimum atomic E-state index is -0.424. The second-order valence-electron chi connectivity index (χ2n) is 5.25. The maximum Gasteiger partial charge on any atom is 0.363 e. The van der Waals surface area contributed by atoms with Crippen LogP contribution in [0.2, 0.25) is 0 Å². The van der Waals surface area contributed by atoms with Crippen molar-refractivity contribution in [1.29, 1.82) is 0 Å². The Hall–Kier alpha value is -2.66. The van der Waals surface area contributed by atoms with Gasteiger partial charge in [0.15, 0.2) is 5.70 Å². The van der Waals surface area contributed by atoms with Gasteiger partial charge in [0.2, 0.25) is 5.90 Å². The van der Waals surface area contributed by atoms with Crippen LogP contribution >= 0.6 is 11.3 Å². The molecular weight excluding hydrogens is 308 g/mol. The first-order valence-electron chi connectivity index (χ1n) is 7.12. The summed E-state index contributed by atoms with van der Waals surface area (Å²) in [7, 11) is 3.97. The van der Waals surface area contributed by atoms with E-state index in [0.717, 1.165) is 16.8 Å². The maximum atomic E-state index is 11.9. The number of hydrogen-bond donors (Lipinski definition) is 0. The molecule has 0 radical (unpaired) electrons. The average molecular weight is 324 g/mol. The van der Waals surface area contributed by atoms with Crippen LogP contribution in [-0.2, 0) is 9.53 Å². The summed E-state index contributed by atoms with van der Waals surface area (Å²) in [4.78, 5) is 18.1. The quantitative estimate of drug-likeness (QED) is 0.634. The van der Waals surface area contributed by atoms with Crippen LogP contribution < -0.4 is 4.90 Å². The molecule has 3 rings (SSSR count). The number of esters is 1. The summed E-state index contributed by atoms with van der Waals surface area (Å²) in [6.07, 6.45) is 5.31. The molecule has 0 N–H and O–H groups in total. The smallest absolute Gasteiger partial charge is 0.363 e. The van der Waals surface area contributed by atoms with E-state index < -0.39 is 5.97 Å². The third-order valence-corrected chi connectivity index (χ3v) is 4.01. The first-order chi connectivity index (χ1) is 11.1. The number of ether oxygens (including phenoxy) is 1. The van der Waals surface area contributed by atoms with Crippen molar-refractivity contribution in [3.8, 4) is 0 Å². The van der Waals surface area contributed by atoms with Crippen LogP contribution in [0.1, 0.15) is 11.1 Å². The van der Waals surface area contributed by atoms with Gasteiger partial charge in [-0.1, -0.05) is 12.1 Å². The third kappa shape index (κ3) is 3.76. The molecule has 0 aliphatic carbocycles. The lowest BCUT2D eigenvalue weighted by Crippen LogP contribution is -2.07. The molecule has 0 bridgehead atoms. The first kappa shape index (κ1) is 15.2. The Balaban J connectivity index is 1.77. The molecule has 5 heteroatoms. The van der Waals surface area contributed by atoms with Crippen LogP contribution in [0, 0.1) is 0 Å². The SMILES string of the molecule is CN(C)c1ccc(/C=C2N=C(/C=C/c3ccsc3)OC\2=O)cc1. The molecule has 1 aromatic carbocycles. The molecule has 4 nitrogen and oxygen atoms in total. The van der Waals surface area contributed by atoms with Crippen LogP contribution in [0.15, 0.2) is 57.9 Å². The number of anilines is 1. The van der Waals surface area contributed by atoms with E-state index in [1.807, 2.05) is 66.2 Å². The van der Waals surface area contributed by atoms with Crippen molar-refractivity contribution in [3.63, 3.8) is 0 Å². The van der Waals surface area contributed by atoms with Crippen molar-refractivity contribution in [2.75, 3.05) is 19.0 Å². The van der Waals surface area contributed by atoms with Gasteiger partial charge in [0, 0.05) is 25.9 Å². The Bertz CT molecular complexity index is 785. The van der Waals surface area contributed by atoms with Crippen molar-refractivity contribution in [2.45, 2.75) is 0 Å². The van der Waals surface area contributed by atoms with Crippen molar-refractivity contribution in [1.82, 2.24) is 0 Å². The predicted octanol–water partition coefficient (Wildman–Crippen LogP) is 3.82. The zero-order valence-corrected chi connectivity index (χ0v) is 13.7. The van der Waals surface area contributed by atoms with E-state index in [-0.39, 0.29) is 0 Å². The summed E-state index contributed by atoms with van der Waals surface area (Å²) in [5.41, 5.74) is 3.39. The van der Waals surface area contributed by atoms with Crippen LogP contribution in [0.25, 0.3) is 12.2 Å². The number of carbonyl (C=O) groups is 1. The highest BCUT2D eigenvalue weighted by atomic mass is 32.1. The Morgan fingerprint density at radius 2 is 1.87 bits per heavy atom. The van der Waals surface area contributed by atoms with Crippen LogP contribution in [0.3, 0.4) is 0 Å². The van der Waals surface area contributed by atoms with E-state index in [1.165, 1.54) is 0 Å². The Morgan fingerprint density at radius 1 is 1.09 bits per heavy atom. The fourth-order valence-corrected chi connectivity index (χ4v) is 2.69. The molecule has 2 heterocycles.